The van der Waals surface area contributed by atoms with Gasteiger partial charge in [0, 0.05) is 44.1 Å². The normalized spacial score (nSPS) is 26.7. The third-order valence-corrected chi connectivity index (χ3v) is 3.25. The lowest BCUT2D eigenvalue weighted by Crippen LogP contribution is -2.42. The molecule has 4 nitrogen and oxygen atoms in total. The zero-order valence-corrected chi connectivity index (χ0v) is 10.3. The van der Waals surface area contributed by atoms with Crippen molar-refractivity contribution >= 4 is 0 Å². The van der Waals surface area contributed by atoms with E-state index in [9.17, 15) is 5.11 Å². The highest BCUT2D eigenvalue weighted by atomic mass is 16.3. The van der Waals surface area contributed by atoms with Gasteiger partial charge in [-0.15, -0.1) is 0 Å². The molecule has 2 unspecified atom stereocenters. The number of nitrogens with one attached hydrogen (secondary N) is 1. The molecule has 0 amide bonds. The molecule has 0 saturated carbocycles. The molecule has 0 spiro atoms. The van der Waals surface area contributed by atoms with E-state index in [0.717, 1.165) is 26.1 Å². The van der Waals surface area contributed by atoms with Crippen molar-refractivity contribution in [1.82, 2.24) is 15.2 Å². The van der Waals surface area contributed by atoms with Crippen LogP contribution in [0, 0.1) is 0 Å². The monoisotopic (exact) mass is 235 g/mol. The molecule has 1 aliphatic heterocycles. The number of pyridine rings is 1. The van der Waals surface area contributed by atoms with Crippen LogP contribution in [0.3, 0.4) is 0 Å². The third kappa shape index (κ3) is 3.77. The van der Waals surface area contributed by atoms with E-state index in [-0.39, 0.29) is 12.6 Å². The molecule has 1 fully saturated rings. The van der Waals surface area contributed by atoms with Crippen LogP contribution in [0.2, 0.25) is 0 Å². The molecule has 2 heterocycles. The summed E-state index contributed by atoms with van der Waals surface area (Å²) in [6.45, 7) is 5.30. The van der Waals surface area contributed by atoms with Crippen LogP contribution in [0.1, 0.15) is 18.9 Å². The van der Waals surface area contributed by atoms with Gasteiger partial charge in [-0.3, -0.25) is 9.88 Å². The van der Waals surface area contributed by atoms with Gasteiger partial charge in [0.25, 0.3) is 0 Å². The van der Waals surface area contributed by atoms with Crippen molar-refractivity contribution in [3.8, 4) is 0 Å². The lowest BCUT2D eigenvalue weighted by atomic mass is 10.2. The molecule has 0 radical (unpaired) electrons. The largest absolute Gasteiger partial charge is 0.395 e. The average molecular weight is 235 g/mol. The van der Waals surface area contributed by atoms with Gasteiger partial charge in [-0.25, -0.2) is 0 Å². The second-order valence-corrected chi connectivity index (χ2v) is 4.83. The maximum atomic E-state index is 9.32. The maximum absolute atomic E-state index is 9.32. The van der Waals surface area contributed by atoms with Crippen molar-refractivity contribution < 1.29 is 5.11 Å². The predicted molar refractivity (Wildman–Crippen MR) is 67.6 cm³/mol. The Hall–Kier alpha value is -0.970. The summed E-state index contributed by atoms with van der Waals surface area (Å²) >= 11 is 0. The van der Waals surface area contributed by atoms with Gasteiger partial charge < -0.3 is 10.4 Å². The second-order valence-electron chi connectivity index (χ2n) is 4.83. The molecule has 1 aromatic heterocycles. The summed E-state index contributed by atoms with van der Waals surface area (Å²) < 4.78 is 0. The van der Waals surface area contributed by atoms with Gasteiger partial charge in [-0.2, -0.15) is 0 Å². The summed E-state index contributed by atoms with van der Waals surface area (Å²) in [4.78, 5) is 6.42. The van der Waals surface area contributed by atoms with E-state index in [1.54, 1.807) is 0 Å². The van der Waals surface area contributed by atoms with Crippen LogP contribution < -0.4 is 5.32 Å². The number of aromatic nitrogens is 1. The Kier molecular flexibility index (Phi) is 4.48. The lowest BCUT2D eigenvalue weighted by molar-refractivity contribution is 0.194. The van der Waals surface area contributed by atoms with E-state index >= 15 is 0 Å². The van der Waals surface area contributed by atoms with Gasteiger partial charge in [-0.1, -0.05) is 0 Å². The number of rotatable bonds is 3. The van der Waals surface area contributed by atoms with E-state index in [4.69, 9.17) is 0 Å². The van der Waals surface area contributed by atoms with Gasteiger partial charge >= 0.3 is 0 Å². The first-order valence-electron chi connectivity index (χ1n) is 6.26. The van der Waals surface area contributed by atoms with Crippen molar-refractivity contribution in [3.63, 3.8) is 0 Å². The van der Waals surface area contributed by atoms with Crippen molar-refractivity contribution in [1.29, 1.82) is 0 Å². The molecule has 2 rings (SSSR count). The SMILES string of the molecule is CC1CCN(Cc2ccncc2)CC(CO)N1. The van der Waals surface area contributed by atoms with Gasteiger partial charge in [0.1, 0.15) is 0 Å². The number of aliphatic hydroxyl groups is 1. The van der Waals surface area contributed by atoms with Gasteiger partial charge in [-0.05, 0) is 31.0 Å². The van der Waals surface area contributed by atoms with Crippen LogP contribution in [0.25, 0.3) is 0 Å². The summed E-state index contributed by atoms with van der Waals surface area (Å²) in [5.41, 5.74) is 1.28. The van der Waals surface area contributed by atoms with Crippen molar-refractivity contribution in [2.24, 2.45) is 0 Å². The molecule has 0 bridgehead atoms. The summed E-state index contributed by atoms with van der Waals surface area (Å²) in [6, 6.07) is 4.77. The summed E-state index contributed by atoms with van der Waals surface area (Å²) in [5.74, 6) is 0. The molecule has 0 aliphatic carbocycles. The third-order valence-electron chi connectivity index (χ3n) is 3.25. The van der Waals surface area contributed by atoms with Gasteiger partial charge in [0.05, 0.1) is 6.61 Å². The highest BCUT2D eigenvalue weighted by Crippen LogP contribution is 2.09. The van der Waals surface area contributed by atoms with Crippen molar-refractivity contribution in [2.45, 2.75) is 32.0 Å². The molecular weight excluding hydrogens is 214 g/mol. The van der Waals surface area contributed by atoms with E-state index in [1.807, 2.05) is 12.4 Å². The predicted octanol–water partition coefficient (Wildman–Crippen LogP) is 0.626. The summed E-state index contributed by atoms with van der Waals surface area (Å²) in [6.07, 6.45) is 4.79. The maximum Gasteiger partial charge on any atom is 0.0597 e. The lowest BCUT2D eigenvalue weighted by Gasteiger charge is -2.23. The van der Waals surface area contributed by atoms with Crippen LogP contribution in [0.5, 0.6) is 0 Å². The van der Waals surface area contributed by atoms with Crippen LogP contribution in [0.15, 0.2) is 24.5 Å². The molecule has 0 aromatic carbocycles. The molecule has 1 aromatic rings. The van der Waals surface area contributed by atoms with E-state index in [0.29, 0.717) is 6.04 Å². The van der Waals surface area contributed by atoms with Gasteiger partial charge in [0.2, 0.25) is 0 Å². The Morgan fingerprint density at radius 3 is 2.94 bits per heavy atom. The minimum Gasteiger partial charge on any atom is -0.395 e. The summed E-state index contributed by atoms with van der Waals surface area (Å²) in [5, 5.41) is 12.8. The van der Waals surface area contributed by atoms with Crippen LogP contribution in [0.4, 0.5) is 0 Å². The summed E-state index contributed by atoms with van der Waals surface area (Å²) in [7, 11) is 0. The standard InChI is InChI=1S/C13H21N3O/c1-11-4-7-16(9-13(10-17)15-11)8-12-2-5-14-6-3-12/h2-3,5-6,11,13,15,17H,4,7-10H2,1H3. The second kappa shape index (κ2) is 6.10. The van der Waals surface area contributed by atoms with Crippen LogP contribution in [-0.2, 0) is 6.54 Å². The number of hydrogen-bond donors (Lipinski definition) is 2. The fourth-order valence-electron chi connectivity index (χ4n) is 2.32. The van der Waals surface area contributed by atoms with Crippen LogP contribution in [-0.4, -0.2) is 46.8 Å². The first-order valence-corrected chi connectivity index (χ1v) is 6.26. The molecular formula is C13H21N3O. The van der Waals surface area contributed by atoms with E-state index < -0.39 is 0 Å². The Bertz CT molecular complexity index is 331. The Morgan fingerprint density at radius 2 is 2.24 bits per heavy atom. The number of nitrogens with zero attached hydrogens (tertiary/aromatic N) is 2. The molecule has 17 heavy (non-hydrogen) atoms. The Balaban J connectivity index is 1.96. The Labute approximate surface area is 103 Å². The van der Waals surface area contributed by atoms with Crippen molar-refractivity contribution in [2.75, 3.05) is 19.7 Å². The van der Waals surface area contributed by atoms with Crippen molar-refractivity contribution in [3.05, 3.63) is 30.1 Å². The number of aliphatic hydroxyl groups excluding tert-OH is 1. The van der Waals surface area contributed by atoms with Crippen LogP contribution >= 0.6 is 0 Å². The molecule has 1 saturated heterocycles. The fraction of sp³-hybridized carbons (Fsp3) is 0.615. The number of hydrogen-bond acceptors (Lipinski definition) is 4. The topological polar surface area (TPSA) is 48.4 Å². The molecule has 2 N–H and O–H groups in total. The zero-order valence-electron chi connectivity index (χ0n) is 10.3. The van der Waals surface area contributed by atoms with E-state index in [1.165, 1.54) is 5.56 Å². The minimum absolute atomic E-state index is 0.189. The fourth-order valence-corrected chi connectivity index (χ4v) is 2.32. The first kappa shape index (κ1) is 12.5. The minimum atomic E-state index is 0.189. The zero-order chi connectivity index (χ0) is 12.1. The smallest absolute Gasteiger partial charge is 0.0597 e. The molecule has 2 atom stereocenters. The van der Waals surface area contributed by atoms with E-state index in [2.05, 4.69) is 34.3 Å². The molecule has 94 valence electrons. The Morgan fingerprint density at radius 1 is 1.47 bits per heavy atom. The molecule has 4 heteroatoms. The average Bonchev–Trinajstić information content (AvgIpc) is 2.53. The highest BCUT2D eigenvalue weighted by Gasteiger charge is 2.20. The first-order chi connectivity index (χ1) is 8.28. The molecule has 1 aliphatic rings. The van der Waals surface area contributed by atoms with Gasteiger partial charge in [0.15, 0.2) is 0 Å². The quantitative estimate of drug-likeness (QED) is 0.806. The highest BCUT2D eigenvalue weighted by molar-refractivity contribution is 5.09.